The fourth-order valence-corrected chi connectivity index (χ4v) is 0.286. The van der Waals surface area contributed by atoms with E-state index in [2.05, 4.69) is 0 Å². The summed E-state index contributed by atoms with van der Waals surface area (Å²) in [4.78, 5) is 8.23. The van der Waals surface area contributed by atoms with Crippen LogP contribution in [0.5, 0.6) is 0 Å². The molecule has 0 aliphatic heterocycles. The average molecular weight is 181 g/mol. The van der Waals surface area contributed by atoms with Crippen LogP contribution >= 0.6 is 23.2 Å². The molecule has 0 saturated heterocycles. The molecular weight excluding hydrogens is 177 g/mol. The molecule has 0 bridgehead atoms. The first kappa shape index (κ1) is 11.8. The summed E-state index contributed by atoms with van der Waals surface area (Å²) in [6, 6.07) is 0. The number of halogens is 4. The third-order valence-corrected chi connectivity index (χ3v) is 0.860. The van der Waals surface area contributed by atoms with E-state index in [0.717, 1.165) is 0 Å². The maximum Gasteiger partial charge on any atom is 0.298 e. The molecule has 56 valence electrons. The number of alkyl halides is 4. The molecule has 0 aliphatic carbocycles. The van der Waals surface area contributed by atoms with Gasteiger partial charge in [-0.2, -0.15) is 0 Å². The number of hydrogen-bond acceptors (Lipinski definition) is 1. The maximum absolute atomic E-state index is 11.2. The molecule has 9 heavy (non-hydrogen) atoms. The Morgan fingerprint density at radius 3 is 1.67 bits per heavy atom. The maximum atomic E-state index is 11.2. The van der Waals surface area contributed by atoms with Gasteiger partial charge in [0.25, 0.3) is 6.43 Å². The summed E-state index contributed by atoms with van der Waals surface area (Å²) in [6.45, 7) is 0. The van der Waals surface area contributed by atoms with Gasteiger partial charge in [0.1, 0.15) is 0 Å². The van der Waals surface area contributed by atoms with Gasteiger partial charge in [0.05, 0.1) is 0 Å². The standard InChI is InChI=1S/C3H2Cl2F2O.H2O/c4-2(5)1(8)3(6)7;/h2-3H;1H2. The SMILES string of the molecule is O.O=C(C(F)F)C(Cl)Cl. The fraction of sp³-hybridized carbons (Fsp3) is 0.667. The lowest BCUT2D eigenvalue weighted by molar-refractivity contribution is -0.127. The number of ketones is 1. The van der Waals surface area contributed by atoms with Crippen LogP contribution in [0.2, 0.25) is 0 Å². The summed E-state index contributed by atoms with van der Waals surface area (Å²) in [5, 5.41) is 0. The fourth-order valence-electron chi connectivity index (χ4n) is 0.0952. The van der Waals surface area contributed by atoms with E-state index in [0.29, 0.717) is 0 Å². The van der Waals surface area contributed by atoms with Crippen molar-refractivity contribution < 1.29 is 19.1 Å². The molecule has 0 amide bonds. The van der Waals surface area contributed by atoms with Crippen molar-refractivity contribution in [1.29, 1.82) is 0 Å². The van der Waals surface area contributed by atoms with Crippen molar-refractivity contribution in [2.45, 2.75) is 11.3 Å². The van der Waals surface area contributed by atoms with Crippen molar-refractivity contribution in [2.75, 3.05) is 0 Å². The highest BCUT2D eigenvalue weighted by Gasteiger charge is 2.21. The van der Waals surface area contributed by atoms with E-state index in [9.17, 15) is 13.6 Å². The normalized spacial score (nSPS) is 9.56. The van der Waals surface area contributed by atoms with Crippen LogP contribution in [-0.4, -0.2) is 22.5 Å². The highest BCUT2D eigenvalue weighted by molar-refractivity contribution is 6.54. The van der Waals surface area contributed by atoms with Crippen LogP contribution in [0, 0.1) is 0 Å². The van der Waals surface area contributed by atoms with E-state index in [4.69, 9.17) is 23.2 Å². The average Bonchev–Trinajstić information content (AvgIpc) is 1.64. The largest absolute Gasteiger partial charge is 0.412 e. The predicted octanol–water partition coefficient (Wildman–Crippen LogP) is 0.800. The molecule has 0 fully saturated rings. The first-order valence-corrected chi connectivity index (χ1v) is 2.53. The van der Waals surface area contributed by atoms with Crippen LogP contribution < -0.4 is 0 Å². The van der Waals surface area contributed by atoms with Crippen LogP contribution in [0.15, 0.2) is 0 Å². The number of carbonyl (C=O) groups excluding carboxylic acids is 1. The van der Waals surface area contributed by atoms with E-state index < -0.39 is 17.0 Å². The minimum atomic E-state index is -3.06. The molecular formula is C3H4Cl2F2O2. The quantitative estimate of drug-likeness (QED) is 0.581. The Morgan fingerprint density at radius 1 is 1.33 bits per heavy atom. The van der Waals surface area contributed by atoms with Crippen molar-refractivity contribution >= 4 is 29.0 Å². The van der Waals surface area contributed by atoms with Gasteiger partial charge in [-0.3, -0.25) is 4.79 Å². The zero-order chi connectivity index (χ0) is 6.73. The van der Waals surface area contributed by atoms with E-state index in [1.807, 2.05) is 0 Å². The molecule has 2 nitrogen and oxygen atoms in total. The third kappa shape index (κ3) is 4.57. The Hall–Kier alpha value is 0.0700. The Bertz CT molecular complexity index is 85.8. The molecule has 0 radical (unpaired) electrons. The summed E-state index contributed by atoms with van der Waals surface area (Å²) in [7, 11) is 0. The van der Waals surface area contributed by atoms with Crippen LogP contribution in [0.3, 0.4) is 0 Å². The van der Waals surface area contributed by atoms with Crippen molar-refractivity contribution in [1.82, 2.24) is 0 Å². The Morgan fingerprint density at radius 2 is 1.67 bits per heavy atom. The highest BCUT2D eigenvalue weighted by atomic mass is 35.5. The summed E-state index contributed by atoms with van der Waals surface area (Å²) >= 11 is 9.52. The monoisotopic (exact) mass is 180 g/mol. The molecule has 6 heteroatoms. The van der Waals surface area contributed by atoms with Crippen molar-refractivity contribution in [3.63, 3.8) is 0 Å². The lowest BCUT2D eigenvalue weighted by Gasteiger charge is -1.95. The van der Waals surface area contributed by atoms with Crippen LogP contribution in [-0.2, 0) is 4.79 Å². The van der Waals surface area contributed by atoms with E-state index in [-0.39, 0.29) is 5.48 Å². The topological polar surface area (TPSA) is 48.6 Å². The second kappa shape index (κ2) is 4.90. The van der Waals surface area contributed by atoms with Crippen molar-refractivity contribution in [3.8, 4) is 0 Å². The number of carbonyl (C=O) groups is 1. The first-order valence-electron chi connectivity index (χ1n) is 1.65. The lowest BCUT2D eigenvalue weighted by Crippen LogP contribution is -2.16. The summed E-state index contributed by atoms with van der Waals surface area (Å²) in [5.74, 6) is -1.45. The minimum absolute atomic E-state index is 0. The minimum Gasteiger partial charge on any atom is -0.412 e. The van der Waals surface area contributed by atoms with Gasteiger partial charge in [-0.15, -0.1) is 0 Å². The predicted molar refractivity (Wildman–Crippen MR) is 30.1 cm³/mol. The number of Topliss-reactive ketones (excluding diaryl/α,β-unsaturated/α-hetero) is 1. The zero-order valence-corrected chi connectivity index (χ0v) is 5.59. The molecule has 0 atom stereocenters. The van der Waals surface area contributed by atoms with Gasteiger partial charge in [0, 0.05) is 0 Å². The van der Waals surface area contributed by atoms with Crippen molar-refractivity contribution in [3.05, 3.63) is 0 Å². The summed E-state index contributed by atoms with van der Waals surface area (Å²) in [5.41, 5.74) is 0. The van der Waals surface area contributed by atoms with Crippen LogP contribution in [0.25, 0.3) is 0 Å². The third-order valence-electron chi connectivity index (χ3n) is 0.430. The molecule has 0 unspecified atom stereocenters. The molecule has 0 saturated carbocycles. The smallest absolute Gasteiger partial charge is 0.298 e. The summed E-state index contributed by atoms with van der Waals surface area (Å²) < 4.78 is 22.3. The van der Waals surface area contributed by atoms with E-state index in [1.54, 1.807) is 0 Å². The van der Waals surface area contributed by atoms with E-state index in [1.165, 1.54) is 0 Å². The molecule has 0 aromatic carbocycles. The zero-order valence-electron chi connectivity index (χ0n) is 4.07. The molecule has 2 N–H and O–H groups in total. The van der Waals surface area contributed by atoms with Gasteiger partial charge in [-0.25, -0.2) is 8.78 Å². The highest BCUT2D eigenvalue weighted by Crippen LogP contribution is 2.08. The molecule has 0 aromatic heterocycles. The van der Waals surface area contributed by atoms with Gasteiger partial charge in [-0.1, -0.05) is 23.2 Å². The second-order valence-electron chi connectivity index (χ2n) is 1.00. The second-order valence-corrected chi connectivity index (χ2v) is 2.10. The number of rotatable bonds is 2. The molecule has 0 aliphatic rings. The van der Waals surface area contributed by atoms with Crippen molar-refractivity contribution in [2.24, 2.45) is 0 Å². The van der Waals surface area contributed by atoms with Gasteiger partial charge in [0.2, 0.25) is 5.78 Å². The summed E-state index contributed by atoms with van der Waals surface area (Å²) in [6.07, 6.45) is -3.06. The Labute approximate surface area is 60.0 Å². The van der Waals surface area contributed by atoms with Gasteiger partial charge < -0.3 is 5.48 Å². The molecule has 0 spiro atoms. The first-order chi connectivity index (χ1) is 3.55. The Balaban J connectivity index is 0. The van der Waals surface area contributed by atoms with Gasteiger partial charge >= 0.3 is 0 Å². The van der Waals surface area contributed by atoms with Crippen LogP contribution in [0.1, 0.15) is 0 Å². The Kier molecular flexibility index (Phi) is 6.44. The van der Waals surface area contributed by atoms with E-state index >= 15 is 0 Å². The lowest BCUT2D eigenvalue weighted by atomic mass is 10.5. The van der Waals surface area contributed by atoms with Crippen LogP contribution in [0.4, 0.5) is 8.78 Å². The van der Waals surface area contributed by atoms with Gasteiger partial charge in [0.15, 0.2) is 4.84 Å². The molecule has 0 aromatic rings. The molecule has 0 heterocycles. The number of hydrogen-bond donors (Lipinski definition) is 0. The van der Waals surface area contributed by atoms with Gasteiger partial charge in [-0.05, 0) is 0 Å². The molecule has 0 rings (SSSR count).